The van der Waals surface area contributed by atoms with Gasteiger partial charge in [0.25, 0.3) is 0 Å². The van der Waals surface area contributed by atoms with Crippen molar-refractivity contribution in [2.75, 3.05) is 6.54 Å². The molecule has 1 aromatic rings. The Morgan fingerprint density at radius 2 is 2.44 bits per heavy atom. The van der Waals surface area contributed by atoms with Gasteiger partial charge in [0.05, 0.1) is 30.3 Å². The van der Waals surface area contributed by atoms with Crippen molar-refractivity contribution in [2.24, 2.45) is 5.73 Å². The molecule has 0 fully saturated rings. The van der Waals surface area contributed by atoms with Crippen molar-refractivity contribution in [3.8, 4) is 0 Å². The largest absolute Gasteiger partial charge is 0.381 e. The fourth-order valence-corrected chi connectivity index (χ4v) is 1.78. The minimum atomic E-state index is -1.36. The first-order valence-corrected chi connectivity index (χ1v) is 5.57. The van der Waals surface area contributed by atoms with E-state index in [9.17, 15) is 14.7 Å². The molecule has 0 bridgehead atoms. The number of H-pyrrole nitrogens is 1. The van der Waals surface area contributed by atoms with Gasteiger partial charge in [0.2, 0.25) is 11.8 Å². The Hall–Kier alpha value is -1.93. The Morgan fingerprint density at radius 3 is 3.17 bits per heavy atom. The molecular weight excluding hydrogens is 238 g/mol. The molecule has 0 saturated carbocycles. The molecule has 0 spiro atoms. The van der Waals surface area contributed by atoms with E-state index >= 15 is 0 Å². The van der Waals surface area contributed by atoms with Crippen LogP contribution in [0.15, 0.2) is 6.33 Å². The van der Waals surface area contributed by atoms with Crippen molar-refractivity contribution >= 4 is 11.8 Å². The highest BCUT2D eigenvalue weighted by atomic mass is 16.3. The lowest BCUT2D eigenvalue weighted by atomic mass is 10.0. The van der Waals surface area contributed by atoms with E-state index in [2.05, 4.69) is 20.6 Å². The summed E-state index contributed by atoms with van der Waals surface area (Å²) < 4.78 is 0. The summed E-state index contributed by atoms with van der Waals surface area (Å²) >= 11 is 0. The third-order valence-corrected chi connectivity index (χ3v) is 2.84. The molecule has 1 aromatic heterocycles. The molecule has 1 aliphatic rings. The highest BCUT2D eigenvalue weighted by Gasteiger charge is 2.26. The predicted octanol–water partition coefficient (Wildman–Crippen LogP) is -2.61. The number of fused-ring (bicyclic) bond motifs is 1. The lowest BCUT2D eigenvalue weighted by molar-refractivity contribution is -0.127. The first-order valence-electron chi connectivity index (χ1n) is 5.57. The maximum atomic E-state index is 11.8. The number of nitrogens with two attached hydrogens (primary N) is 1. The number of carbonyl (C=O) groups is 2. The molecular formula is C10H15N5O3. The Kier molecular flexibility index (Phi) is 3.58. The molecule has 1 aliphatic heterocycles. The van der Waals surface area contributed by atoms with Crippen LogP contribution in [-0.4, -0.2) is 45.6 Å². The topological polar surface area (TPSA) is 133 Å². The van der Waals surface area contributed by atoms with E-state index < -0.39 is 18.1 Å². The monoisotopic (exact) mass is 253 g/mol. The fraction of sp³-hybridized carbons (Fsp3) is 0.500. The molecule has 6 N–H and O–H groups in total. The molecule has 2 amide bonds. The van der Waals surface area contributed by atoms with Crippen LogP contribution in [0.3, 0.4) is 0 Å². The standard InChI is InChI=1S/C10H15N5O3/c11-9(17)8(16)3-13-10(18)6-1-5-7(2-12-6)15-4-14-5/h4,6,8,12,16H,1-3H2,(H2,11,17)(H,13,18)(H,14,15). The second-order valence-corrected chi connectivity index (χ2v) is 4.13. The van der Waals surface area contributed by atoms with Crippen LogP contribution in [-0.2, 0) is 22.6 Å². The summed E-state index contributed by atoms with van der Waals surface area (Å²) in [4.78, 5) is 29.5. The van der Waals surface area contributed by atoms with Crippen molar-refractivity contribution < 1.29 is 14.7 Å². The van der Waals surface area contributed by atoms with E-state index in [1.165, 1.54) is 0 Å². The van der Waals surface area contributed by atoms with E-state index in [4.69, 9.17) is 5.73 Å². The van der Waals surface area contributed by atoms with Crippen molar-refractivity contribution in [1.82, 2.24) is 20.6 Å². The number of imidazole rings is 1. The average molecular weight is 253 g/mol. The number of aromatic amines is 1. The van der Waals surface area contributed by atoms with Gasteiger partial charge in [-0.2, -0.15) is 0 Å². The summed E-state index contributed by atoms with van der Waals surface area (Å²) in [7, 11) is 0. The molecule has 0 saturated heterocycles. The van der Waals surface area contributed by atoms with E-state index in [-0.39, 0.29) is 12.5 Å². The molecule has 8 heteroatoms. The third-order valence-electron chi connectivity index (χ3n) is 2.84. The summed E-state index contributed by atoms with van der Waals surface area (Å²) in [5.41, 5.74) is 6.70. The van der Waals surface area contributed by atoms with Crippen LogP contribution in [0, 0.1) is 0 Å². The van der Waals surface area contributed by atoms with E-state index in [1.54, 1.807) is 6.33 Å². The van der Waals surface area contributed by atoms with Gasteiger partial charge in [0.1, 0.15) is 6.10 Å². The van der Waals surface area contributed by atoms with Crippen LogP contribution in [0.5, 0.6) is 0 Å². The number of aliphatic hydroxyl groups excluding tert-OH is 1. The normalized spacial score (nSPS) is 19.9. The van der Waals surface area contributed by atoms with Gasteiger partial charge in [0, 0.05) is 13.0 Å². The molecule has 0 aromatic carbocycles. The van der Waals surface area contributed by atoms with Gasteiger partial charge in [-0.05, 0) is 0 Å². The summed E-state index contributed by atoms with van der Waals surface area (Å²) in [6.07, 6.45) is 0.694. The summed E-state index contributed by atoms with van der Waals surface area (Å²) in [5.74, 6) is -1.15. The van der Waals surface area contributed by atoms with Gasteiger partial charge < -0.3 is 21.1 Å². The molecule has 8 nitrogen and oxygen atoms in total. The summed E-state index contributed by atoms with van der Waals surface area (Å²) in [6.45, 7) is 0.353. The van der Waals surface area contributed by atoms with Gasteiger partial charge in [-0.1, -0.05) is 0 Å². The predicted molar refractivity (Wildman–Crippen MR) is 61.1 cm³/mol. The molecule has 2 unspecified atom stereocenters. The van der Waals surface area contributed by atoms with Crippen LogP contribution >= 0.6 is 0 Å². The number of aliphatic hydroxyl groups is 1. The van der Waals surface area contributed by atoms with E-state index in [0.717, 1.165) is 11.4 Å². The quantitative estimate of drug-likeness (QED) is 0.401. The van der Waals surface area contributed by atoms with Gasteiger partial charge in [0.15, 0.2) is 0 Å². The van der Waals surface area contributed by atoms with Gasteiger partial charge in [-0.15, -0.1) is 0 Å². The van der Waals surface area contributed by atoms with Crippen molar-refractivity contribution in [2.45, 2.75) is 25.1 Å². The Balaban J connectivity index is 1.86. The maximum Gasteiger partial charge on any atom is 0.248 e. The zero-order chi connectivity index (χ0) is 13.1. The number of amides is 2. The number of rotatable bonds is 4. The number of hydrogen-bond acceptors (Lipinski definition) is 5. The number of primary amides is 1. The Labute approximate surface area is 103 Å². The molecule has 2 atom stereocenters. The second-order valence-electron chi connectivity index (χ2n) is 4.13. The Bertz CT molecular complexity index is 458. The van der Waals surface area contributed by atoms with Crippen LogP contribution in [0.2, 0.25) is 0 Å². The van der Waals surface area contributed by atoms with Crippen molar-refractivity contribution in [3.63, 3.8) is 0 Å². The zero-order valence-electron chi connectivity index (χ0n) is 9.64. The molecule has 0 radical (unpaired) electrons. The number of carbonyl (C=O) groups excluding carboxylic acids is 2. The van der Waals surface area contributed by atoms with Crippen LogP contribution < -0.4 is 16.4 Å². The molecule has 2 heterocycles. The minimum absolute atomic E-state index is 0.181. The average Bonchev–Trinajstić information content (AvgIpc) is 2.82. The third kappa shape index (κ3) is 2.66. The zero-order valence-corrected chi connectivity index (χ0v) is 9.64. The maximum absolute atomic E-state index is 11.8. The first kappa shape index (κ1) is 12.5. The number of hydrogen-bond donors (Lipinski definition) is 5. The van der Waals surface area contributed by atoms with Crippen LogP contribution in [0.25, 0.3) is 0 Å². The SMILES string of the molecule is NC(=O)C(O)CNC(=O)C1Cc2nc[nH]c2CN1. The van der Waals surface area contributed by atoms with Gasteiger partial charge in [-0.3, -0.25) is 14.9 Å². The Morgan fingerprint density at radius 1 is 1.67 bits per heavy atom. The lowest BCUT2D eigenvalue weighted by Gasteiger charge is -2.22. The lowest BCUT2D eigenvalue weighted by Crippen LogP contribution is -2.50. The molecule has 98 valence electrons. The molecule has 18 heavy (non-hydrogen) atoms. The van der Waals surface area contributed by atoms with E-state index in [1.807, 2.05) is 0 Å². The highest BCUT2D eigenvalue weighted by Crippen LogP contribution is 2.11. The molecule has 2 rings (SSSR count). The summed E-state index contributed by atoms with van der Waals surface area (Å²) in [5, 5.41) is 14.7. The number of nitrogens with one attached hydrogen (secondary N) is 3. The number of nitrogens with zero attached hydrogens (tertiary/aromatic N) is 1. The fourth-order valence-electron chi connectivity index (χ4n) is 1.78. The highest BCUT2D eigenvalue weighted by molar-refractivity contribution is 5.84. The van der Waals surface area contributed by atoms with Crippen LogP contribution in [0.1, 0.15) is 11.4 Å². The molecule has 0 aliphatic carbocycles. The van der Waals surface area contributed by atoms with Gasteiger partial charge in [-0.25, -0.2) is 4.98 Å². The first-order chi connectivity index (χ1) is 8.58. The van der Waals surface area contributed by atoms with Gasteiger partial charge >= 0.3 is 0 Å². The summed E-state index contributed by atoms with van der Waals surface area (Å²) in [6, 6.07) is -0.416. The minimum Gasteiger partial charge on any atom is -0.381 e. The second kappa shape index (κ2) is 5.15. The smallest absolute Gasteiger partial charge is 0.248 e. The van der Waals surface area contributed by atoms with Crippen LogP contribution in [0.4, 0.5) is 0 Å². The van der Waals surface area contributed by atoms with E-state index in [0.29, 0.717) is 13.0 Å². The van der Waals surface area contributed by atoms with Crippen molar-refractivity contribution in [3.05, 3.63) is 17.7 Å². The van der Waals surface area contributed by atoms with Crippen molar-refractivity contribution in [1.29, 1.82) is 0 Å². The number of aromatic nitrogens is 2.